The van der Waals surface area contributed by atoms with Gasteiger partial charge in [0.1, 0.15) is 0 Å². The standard InChI is InChI=1S/C23H27N3O3/c1-17-15-18-5-2-3-8-21(18)26(17)23(28)20-7-4-6-19(16-20)22(27)24-9-10-25-11-13-29-14-12-25/h2-8,16-17H,9-15H2,1H3,(H,24,27). The van der Waals surface area contributed by atoms with Gasteiger partial charge in [0.25, 0.3) is 11.8 Å². The molecule has 1 saturated heterocycles. The third-order valence-corrected chi connectivity index (χ3v) is 5.62. The summed E-state index contributed by atoms with van der Waals surface area (Å²) in [5.74, 6) is -0.215. The molecule has 0 spiro atoms. The molecule has 1 unspecified atom stereocenters. The molecule has 0 saturated carbocycles. The molecule has 1 atom stereocenters. The summed E-state index contributed by atoms with van der Waals surface area (Å²) in [7, 11) is 0. The van der Waals surface area contributed by atoms with Crippen molar-refractivity contribution in [3.05, 3.63) is 65.2 Å². The summed E-state index contributed by atoms with van der Waals surface area (Å²) in [5, 5.41) is 2.96. The van der Waals surface area contributed by atoms with Gasteiger partial charge in [0, 0.05) is 49.0 Å². The number of fused-ring (bicyclic) bond motifs is 1. The lowest BCUT2D eigenvalue weighted by molar-refractivity contribution is 0.0383. The number of morpholine rings is 1. The second-order valence-corrected chi connectivity index (χ2v) is 7.65. The van der Waals surface area contributed by atoms with Crippen molar-refractivity contribution in [2.45, 2.75) is 19.4 Å². The normalized spacial score (nSPS) is 19.1. The van der Waals surface area contributed by atoms with Crippen molar-refractivity contribution in [2.75, 3.05) is 44.3 Å². The molecule has 2 heterocycles. The Labute approximate surface area is 171 Å². The van der Waals surface area contributed by atoms with Crippen molar-refractivity contribution < 1.29 is 14.3 Å². The molecule has 2 aromatic rings. The third kappa shape index (κ3) is 4.33. The molecule has 2 aliphatic rings. The average molecular weight is 393 g/mol. The smallest absolute Gasteiger partial charge is 0.258 e. The van der Waals surface area contributed by atoms with Gasteiger partial charge in [-0.25, -0.2) is 0 Å². The molecule has 6 nitrogen and oxygen atoms in total. The number of carbonyl (C=O) groups is 2. The van der Waals surface area contributed by atoms with Gasteiger partial charge in [0.2, 0.25) is 0 Å². The third-order valence-electron chi connectivity index (χ3n) is 5.62. The van der Waals surface area contributed by atoms with Crippen LogP contribution in [-0.4, -0.2) is 62.1 Å². The first-order valence-corrected chi connectivity index (χ1v) is 10.2. The van der Waals surface area contributed by atoms with Crippen LogP contribution in [0, 0.1) is 0 Å². The second-order valence-electron chi connectivity index (χ2n) is 7.65. The molecule has 2 aromatic carbocycles. The molecule has 29 heavy (non-hydrogen) atoms. The number of hydrogen-bond acceptors (Lipinski definition) is 4. The van der Waals surface area contributed by atoms with Crippen LogP contribution in [-0.2, 0) is 11.2 Å². The van der Waals surface area contributed by atoms with Crippen LogP contribution in [0.2, 0.25) is 0 Å². The van der Waals surface area contributed by atoms with E-state index in [9.17, 15) is 9.59 Å². The van der Waals surface area contributed by atoms with E-state index in [2.05, 4.69) is 23.2 Å². The number of hydrogen-bond donors (Lipinski definition) is 1. The number of ether oxygens (including phenoxy) is 1. The number of benzene rings is 2. The SMILES string of the molecule is CC1Cc2ccccc2N1C(=O)c1cccc(C(=O)NCCN2CCOCC2)c1. The van der Waals surface area contributed by atoms with Gasteiger partial charge in [0.05, 0.1) is 13.2 Å². The molecular formula is C23H27N3O3. The predicted octanol–water partition coefficient (Wildman–Crippen LogP) is 2.34. The van der Waals surface area contributed by atoms with Crippen LogP contribution in [0.25, 0.3) is 0 Å². The van der Waals surface area contributed by atoms with Crippen molar-refractivity contribution >= 4 is 17.5 Å². The quantitative estimate of drug-likeness (QED) is 0.847. The lowest BCUT2D eigenvalue weighted by Gasteiger charge is -2.26. The second kappa shape index (κ2) is 8.76. The molecule has 0 aliphatic carbocycles. The molecule has 1 fully saturated rings. The number of amides is 2. The van der Waals surface area contributed by atoms with E-state index in [1.807, 2.05) is 23.1 Å². The van der Waals surface area contributed by atoms with Crippen LogP contribution in [0.1, 0.15) is 33.2 Å². The molecule has 0 bridgehead atoms. The number of para-hydroxylation sites is 1. The summed E-state index contributed by atoms with van der Waals surface area (Å²) in [5.41, 5.74) is 3.20. The Hall–Kier alpha value is -2.70. The minimum Gasteiger partial charge on any atom is -0.379 e. The summed E-state index contributed by atoms with van der Waals surface area (Å²) < 4.78 is 5.34. The fourth-order valence-electron chi connectivity index (χ4n) is 4.06. The van der Waals surface area contributed by atoms with Gasteiger partial charge >= 0.3 is 0 Å². The zero-order valence-electron chi connectivity index (χ0n) is 16.8. The fourth-order valence-corrected chi connectivity index (χ4v) is 4.06. The van der Waals surface area contributed by atoms with E-state index in [1.165, 1.54) is 5.56 Å². The van der Waals surface area contributed by atoms with Gasteiger partial charge in [-0.15, -0.1) is 0 Å². The highest BCUT2D eigenvalue weighted by atomic mass is 16.5. The maximum atomic E-state index is 13.2. The number of nitrogens with zero attached hydrogens (tertiary/aromatic N) is 2. The molecule has 4 rings (SSSR count). The van der Waals surface area contributed by atoms with Gasteiger partial charge < -0.3 is 15.0 Å². The first kappa shape index (κ1) is 19.6. The summed E-state index contributed by atoms with van der Waals surface area (Å²) in [4.78, 5) is 29.9. The lowest BCUT2D eigenvalue weighted by Crippen LogP contribution is -2.41. The molecule has 2 aliphatic heterocycles. The molecule has 2 amide bonds. The summed E-state index contributed by atoms with van der Waals surface area (Å²) in [6.45, 7) is 6.72. The van der Waals surface area contributed by atoms with Crippen LogP contribution in [0.5, 0.6) is 0 Å². The van der Waals surface area contributed by atoms with Crippen LogP contribution in [0.15, 0.2) is 48.5 Å². The maximum absolute atomic E-state index is 13.2. The molecular weight excluding hydrogens is 366 g/mol. The monoisotopic (exact) mass is 393 g/mol. The average Bonchev–Trinajstić information content (AvgIpc) is 3.09. The molecule has 0 radical (unpaired) electrons. The lowest BCUT2D eigenvalue weighted by atomic mass is 10.1. The van der Waals surface area contributed by atoms with E-state index in [4.69, 9.17) is 4.74 Å². The van der Waals surface area contributed by atoms with Crippen molar-refractivity contribution in [2.24, 2.45) is 0 Å². The summed E-state index contributed by atoms with van der Waals surface area (Å²) >= 11 is 0. The van der Waals surface area contributed by atoms with Crippen LogP contribution in [0.3, 0.4) is 0 Å². The Morgan fingerprint density at radius 1 is 1.07 bits per heavy atom. The highest BCUT2D eigenvalue weighted by Gasteiger charge is 2.31. The van der Waals surface area contributed by atoms with Gasteiger partial charge in [-0.2, -0.15) is 0 Å². The molecule has 1 N–H and O–H groups in total. The Kier molecular flexibility index (Phi) is 5.92. The van der Waals surface area contributed by atoms with Crippen LogP contribution < -0.4 is 10.2 Å². The van der Waals surface area contributed by atoms with Gasteiger partial charge in [-0.3, -0.25) is 14.5 Å². The number of nitrogens with one attached hydrogen (secondary N) is 1. The predicted molar refractivity (Wildman–Crippen MR) is 112 cm³/mol. The Morgan fingerprint density at radius 2 is 1.83 bits per heavy atom. The van der Waals surface area contributed by atoms with Gasteiger partial charge in [-0.05, 0) is 43.2 Å². The Morgan fingerprint density at radius 3 is 2.66 bits per heavy atom. The molecule has 0 aromatic heterocycles. The van der Waals surface area contributed by atoms with E-state index in [0.717, 1.165) is 45.0 Å². The van der Waals surface area contributed by atoms with Crippen LogP contribution >= 0.6 is 0 Å². The van der Waals surface area contributed by atoms with E-state index in [-0.39, 0.29) is 17.9 Å². The first-order valence-electron chi connectivity index (χ1n) is 10.2. The van der Waals surface area contributed by atoms with Crippen molar-refractivity contribution in [1.29, 1.82) is 0 Å². The number of rotatable bonds is 5. The van der Waals surface area contributed by atoms with Gasteiger partial charge in [0.15, 0.2) is 0 Å². The number of anilines is 1. The minimum atomic E-state index is -0.150. The highest BCUT2D eigenvalue weighted by Crippen LogP contribution is 2.33. The van der Waals surface area contributed by atoms with Gasteiger partial charge in [-0.1, -0.05) is 24.3 Å². The van der Waals surface area contributed by atoms with E-state index in [1.54, 1.807) is 24.3 Å². The maximum Gasteiger partial charge on any atom is 0.258 e. The number of carbonyl (C=O) groups excluding carboxylic acids is 2. The fraction of sp³-hybridized carbons (Fsp3) is 0.391. The topological polar surface area (TPSA) is 61.9 Å². The minimum absolute atomic E-state index is 0.0644. The van der Waals surface area contributed by atoms with Crippen LogP contribution in [0.4, 0.5) is 5.69 Å². The van der Waals surface area contributed by atoms with E-state index in [0.29, 0.717) is 17.7 Å². The zero-order valence-corrected chi connectivity index (χ0v) is 16.8. The molecule has 6 heteroatoms. The summed E-state index contributed by atoms with van der Waals surface area (Å²) in [6, 6.07) is 15.1. The Balaban J connectivity index is 1.41. The largest absolute Gasteiger partial charge is 0.379 e. The Bertz CT molecular complexity index is 892. The van der Waals surface area contributed by atoms with Crippen molar-refractivity contribution in [3.63, 3.8) is 0 Å². The summed E-state index contributed by atoms with van der Waals surface area (Å²) in [6.07, 6.45) is 0.851. The first-order chi connectivity index (χ1) is 14.1. The zero-order chi connectivity index (χ0) is 20.2. The highest BCUT2D eigenvalue weighted by molar-refractivity contribution is 6.09. The van der Waals surface area contributed by atoms with Crippen molar-refractivity contribution in [1.82, 2.24) is 10.2 Å². The van der Waals surface area contributed by atoms with Crippen molar-refractivity contribution in [3.8, 4) is 0 Å². The van der Waals surface area contributed by atoms with E-state index >= 15 is 0 Å². The van der Waals surface area contributed by atoms with E-state index < -0.39 is 0 Å². The molecule has 152 valence electrons.